The molecule has 0 bridgehead atoms. The number of benzene rings is 4. The second-order valence-corrected chi connectivity index (χ2v) is 21.1. The Kier molecular flexibility index (Phi) is 9.82. The van der Waals surface area contributed by atoms with Crippen molar-refractivity contribution in [3.63, 3.8) is 0 Å². The van der Waals surface area contributed by atoms with E-state index in [9.17, 15) is 14.7 Å². The minimum absolute atomic E-state index is 0.0773. The predicted molar refractivity (Wildman–Crippen MR) is 224 cm³/mol. The predicted octanol–water partition coefficient (Wildman–Crippen LogP) is 6.28. The van der Waals surface area contributed by atoms with Gasteiger partial charge in [0.2, 0.25) is 14.3 Å². The lowest BCUT2D eigenvalue weighted by molar-refractivity contribution is -0.151. The van der Waals surface area contributed by atoms with Crippen molar-refractivity contribution in [3.05, 3.63) is 125 Å². The monoisotopic (exact) mass is 801 g/mol. The lowest BCUT2D eigenvalue weighted by Crippen LogP contribution is -2.55. The quantitative estimate of drug-likeness (QED) is 0.160. The first-order valence-corrected chi connectivity index (χ1v) is 23.6. The first-order chi connectivity index (χ1) is 28.0. The highest BCUT2D eigenvalue weighted by molar-refractivity contribution is 6.72. The molecule has 4 aromatic rings. The van der Waals surface area contributed by atoms with Crippen molar-refractivity contribution in [2.24, 2.45) is 5.92 Å². The molecule has 12 heteroatoms. The molecule has 3 fully saturated rings. The number of nitrogens with one attached hydrogen (secondary N) is 1. The van der Waals surface area contributed by atoms with Crippen molar-refractivity contribution in [2.75, 3.05) is 41.1 Å². The highest BCUT2D eigenvalue weighted by atomic mass is 28.4. The Morgan fingerprint density at radius 3 is 2.33 bits per heavy atom. The van der Waals surface area contributed by atoms with E-state index >= 15 is 8.90 Å². The Hall–Kier alpha value is -4.88. The summed E-state index contributed by atoms with van der Waals surface area (Å²) >= 11 is 0. The molecule has 0 aromatic heterocycles. The van der Waals surface area contributed by atoms with E-state index < -0.39 is 43.2 Å². The third kappa shape index (κ3) is 6.18. The number of amides is 3. The summed E-state index contributed by atoms with van der Waals surface area (Å²) in [7, 11) is -3.53. The summed E-state index contributed by atoms with van der Waals surface area (Å²) < 4.78 is 23.6. The number of hydrogen-bond donors (Lipinski definition) is 2. The molecular weight excluding hydrogens is 750 g/mol. The molecule has 0 aliphatic carbocycles. The van der Waals surface area contributed by atoms with Crippen molar-refractivity contribution < 1.29 is 28.3 Å². The summed E-state index contributed by atoms with van der Waals surface area (Å²) in [5.74, 6) is -0.961. The number of fused-ring (bicyclic) bond motifs is 3. The number of para-hydroxylation sites is 2. The SMILES string of the molecule is C[C@H]1[C@H]([Si](C)(C)F)[C@@H](CC(=O)N2Cc3ccccc3C[C@H]2CO)O[C@]12C(=O)N(Cc1cccc(N3CN(c4ccccc4)C4(CCNCC4)C3=O)c1)c1ccccc12. The van der Waals surface area contributed by atoms with Gasteiger partial charge in [-0.25, -0.2) is 0 Å². The highest BCUT2D eigenvalue weighted by Crippen LogP contribution is 2.60. The summed E-state index contributed by atoms with van der Waals surface area (Å²) in [5.41, 5.74) is 3.38. The molecule has 5 aliphatic rings. The molecule has 0 unspecified atom stereocenters. The summed E-state index contributed by atoms with van der Waals surface area (Å²) in [6.45, 7) is 7.52. The molecule has 3 saturated heterocycles. The van der Waals surface area contributed by atoms with Crippen LogP contribution >= 0.6 is 0 Å². The Bertz CT molecular complexity index is 2230. The smallest absolute Gasteiger partial charge is 0.264 e. The van der Waals surface area contributed by atoms with Gasteiger partial charge in [0.05, 0.1) is 44.1 Å². The maximum atomic E-state index is 16.6. The Balaban J connectivity index is 1.00. The zero-order valence-corrected chi connectivity index (χ0v) is 34.4. The minimum Gasteiger partial charge on any atom is -0.394 e. The standard InChI is InChI=1S/C46H52FN5O5Si/c1-31-42(58(2,3)47)40(26-41(54)49-28-34-14-8-7-13-33(34)25-37(49)29-53)57-46(31)38-18-9-10-19-39(38)50(44(46)56)27-32-12-11-17-36(24-32)51-30-52(35-15-5-4-6-16-35)45(43(51)55)20-22-48-23-21-45/h4-19,24,31,37,40,42,48,53H,20-23,25-30H2,1-3H3/t31-,37-,40+,42-,46+/m0/s1. The van der Waals surface area contributed by atoms with E-state index in [0.717, 1.165) is 41.2 Å². The van der Waals surface area contributed by atoms with E-state index in [1.54, 1.807) is 22.9 Å². The molecule has 302 valence electrons. The van der Waals surface area contributed by atoms with Gasteiger partial charge in [0.1, 0.15) is 5.54 Å². The summed E-state index contributed by atoms with van der Waals surface area (Å²) in [6.07, 6.45) is 1.03. The van der Waals surface area contributed by atoms with Crippen LogP contribution in [-0.4, -0.2) is 80.2 Å². The molecule has 2 N–H and O–H groups in total. The van der Waals surface area contributed by atoms with Crippen LogP contribution in [-0.2, 0) is 44.2 Å². The van der Waals surface area contributed by atoms with Gasteiger partial charge in [-0.2, -0.15) is 0 Å². The van der Waals surface area contributed by atoms with Crippen LogP contribution in [0.2, 0.25) is 18.6 Å². The van der Waals surface area contributed by atoms with Crippen molar-refractivity contribution in [1.29, 1.82) is 0 Å². The Morgan fingerprint density at radius 1 is 0.897 bits per heavy atom. The van der Waals surface area contributed by atoms with Crippen LogP contribution in [0.25, 0.3) is 0 Å². The summed E-state index contributed by atoms with van der Waals surface area (Å²) in [4.78, 5) is 51.3. The van der Waals surface area contributed by atoms with E-state index in [4.69, 9.17) is 4.74 Å². The van der Waals surface area contributed by atoms with Gasteiger partial charge < -0.3 is 34.0 Å². The average molecular weight is 802 g/mol. The van der Waals surface area contributed by atoms with Gasteiger partial charge in [0.15, 0.2) is 5.60 Å². The highest BCUT2D eigenvalue weighted by Gasteiger charge is 2.67. The van der Waals surface area contributed by atoms with E-state index in [-0.39, 0.29) is 37.3 Å². The normalized spacial score (nSPS) is 26.5. The number of aliphatic hydroxyl groups excluding tert-OH is 1. The van der Waals surface area contributed by atoms with Crippen LogP contribution in [0, 0.1) is 5.92 Å². The van der Waals surface area contributed by atoms with Crippen LogP contribution in [0.5, 0.6) is 0 Å². The molecule has 4 aromatic carbocycles. The lowest BCUT2D eigenvalue weighted by atomic mass is 9.82. The number of ether oxygens (including phenoxy) is 1. The number of nitrogens with zero attached hydrogens (tertiary/aromatic N) is 4. The molecule has 0 radical (unpaired) electrons. The Labute approximate surface area is 340 Å². The molecule has 5 atom stereocenters. The van der Waals surface area contributed by atoms with E-state index in [1.807, 2.05) is 103 Å². The molecule has 3 amide bonds. The molecule has 5 heterocycles. The first kappa shape index (κ1) is 38.6. The Morgan fingerprint density at radius 2 is 1.59 bits per heavy atom. The fraction of sp³-hybridized carbons (Fsp3) is 0.413. The second-order valence-electron chi connectivity index (χ2n) is 17.3. The van der Waals surface area contributed by atoms with Crippen molar-refractivity contribution in [3.8, 4) is 0 Å². The third-order valence-corrected chi connectivity index (χ3v) is 16.1. The number of piperidine rings is 1. The van der Waals surface area contributed by atoms with Gasteiger partial charge in [0.25, 0.3) is 11.8 Å². The number of hydrogen-bond acceptors (Lipinski definition) is 7. The molecule has 0 saturated carbocycles. The number of anilines is 3. The van der Waals surface area contributed by atoms with Crippen LogP contribution in [0.1, 0.15) is 48.4 Å². The van der Waals surface area contributed by atoms with Crippen molar-refractivity contribution in [2.45, 2.75) is 87.6 Å². The van der Waals surface area contributed by atoms with Crippen molar-refractivity contribution >= 4 is 43.2 Å². The zero-order chi connectivity index (χ0) is 40.4. The fourth-order valence-electron chi connectivity index (χ4n) is 10.9. The lowest BCUT2D eigenvalue weighted by Gasteiger charge is -2.39. The summed E-state index contributed by atoms with van der Waals surface area (Å²) in [5, 5.41) is 13.8. The topological polar surface area (TPSA) is 106 Å². The largest absolute Gasteiger partial charge is 0.394 e. The van der Waals surface area contributed by atoms with Gasteiger partial charge in [-0.3, -0.25) is 19.3 Å². The number of carbonyl (C=O) groups is 3. The molecule has 2 spiro atoms. The zero-order valence-electron chi connectivity index (χ0n) is 33.4. The third-order valence-electron chi connectivity index (χ3n) is 13.6. The van der Waals surface area contributed by atoms with Crippen LogP contribution in [0.4, 0.5) is 21.2 Å². The maximum absolute atomic E-state index is 16.6. The molecule has 5 aliphatic heterocycles. The van der Waals surface area contributed by atoms with E-state index in [0.29, 0.717) is 43.7 Å². The van der Waals surface area contributed by atoms with Crippen LogP contribution in [0.3, 0.4) is 0 Å². The van der Waals surface area contributed by atoms with E-state index in [2.05, 4.69) is 22.3 Å². The van der Waals surface area contributed by atoms with Gasteiger partial charge in [-0.05, 0) is 92.5 Å². The van der Waals surface area contributed by atoms with Crippen LogP contribution in [0.15, 0.2) is 103 Å². The number of rotatable bonds is 8. The summed E-state index contributed by atoms with van der Waals surface area (Å²) in [6, 6.07) is 33.1. The first-order valence-electron chi connectivity index (χ1n) is 20.7. The average Bonchev–Trinajstić information content (AvgIpc) is 3.78. The maximum Gasteiger partial charge on any atom is 0.264 e. The van der Waals surface area contributed by atoms with Gasteiger partial charge in [0, 0.05) is 34.9 Å². The van der Waals surface area contributed by atoms with Gasteiger partial charge in [-0.15, -0.1) is 0 Å². The van der Waals surface area contributed by atoms with E-state index in [1.165, 1.54) is 0 Å². The molecule has 9 rings (SSSR count). The van der Waals surface area contributed by atoms with Crippen molar-refractivity contribution in [1.82, 2.24) is 10.2 Å². The number of carbonyl (C=O) groups excluding carboxylic acids is 3. The molecule has 58 heavy (non-hydrogen) atoms. The van der Waals surface area contributed by atoms with Crippen LogP contribution < -0.4 is 20.0 Å². The van der Waals surface area contributed by atoms with Gasteiger partial charge in [-0.1, -0.05) is 79.7 Å². The number of aliphatic hydroxyl groups is 1. The van der Waals surface area contributed by atoms with Gasteiger partial charge >= 0.3 is 0 Å². The number of halogens is 1. The molecule has 10 nitrogen and oxygen atoms in total. The second kappa shape index (κ2) is 14.7. The molecular formula is C46H52FN5O5Si. The fourth-order valence-corrected chi connectivity index (χ4v) is 13.4. The minimum atomic E-state index is -3.53.